The molecule has 2 aromatic carbocycles. The molecule has 0 spiro atoms. The van der Waals surface area contributed by atoms with E-state index in [9.17, 15) is 0 Å². The zero-order valence-electron chi connectivity index (χ0n) is 14.3. The predicted octanol–water partition coefficient (Wildman–Crippen LogP) is 0.207. The number of hydrogen-bond donors (Lipinski definition) is 2. The van der Waals surface area contributed by atoms with Crippen molar-refractivity contribution in [3.8, 4) is 11.5 Å². The van der Waals surface area contributed by atoms with Gasteiger partial charge in [0.1, 0.15) is 39.3 Å². The largest absolute Gasteiger partial charge is 0.454 e. The van der Waals surface area contributed by atoms with Crippen LogP contribution in [0.2, 0.25) is 0 Å². The molecule has 126 valence electrons. The molecule has 0 radical (unpaired) electrons. The Morgan fingerprint density at radius 1 is 0.833 bits per heavy atom. The first-order valence-corrected chi connectivity index (χ1v) is 8.88. The van der Waals surface area contributed by atoms with Crippen LogP contribution in [0.4, 0.5) is 0 Å². The Hall–Kier alpha value is -2.04. The minimum atomic E-state index is 0.354. The van der Waals surface area contributed by atoms with Gasteiger partial charge in [0.2, 0.25) is 6.79 Å². The van der Waals surface area contributed by atoms with Gasteiger partial charge < -0.3 is 19.3 Å². The average molecular weight is 326 g/mol. The lowest BCUT2D eigenvalue weighted by Gasteiger charge is -2.30. The minimum absolute atomic E-state index is 0.354. The Kier molecular flexibility index (Phi) is 4.41. The Morgan fingerprint density at radius 2 is 1.54 bits per heavy atom. The summed E-state index contributed by atoms with van der Waals surface area (Å²) in [6.45, 7) is 9.76. The fourth-order valence-corrected chi connectivity index (χ4v) is 3.73. The van der Waals surface area contributed by atoms with Crippen molar-refractivity contribution in [2.45, 2.75) is 20.0 Å². The Labute approximate surface area is 143 Å². The van der Waals surface area contributed by atoms with Crippen molar-refractivity contribution in [3.63, 3.8) is 0 Å². The minimum Gasteiger partial charge on any atom is -0.454 e. The van der Waals surface area contributed by atoms with E-state index >= 15 is 0 Å². The Morgan fingerprint density at radius 3 is 2.33 bits per heavy atom. The van der Waals surface area contributed by atoms with Crippen LogP contribution in [0, 0.1) is 6.92 Å². The second-order valence-corrected chi connectivity index (χ2v) is 6.97. The molecule has 2 heterocycles. The van der Waals surface area contributed by atoms with Gasteiger partial charge in [-0.1, -0.05) is 24.3 Å². The molecule has 2 aliphatic rings. The van der Waals surface area contributed by atoms with Crippen LogP contribution in [0.3, 0.4) is 0 Å². The second kappa shape index (κ2) is 6.83. The molecule has 0 bridgehead atoms. The first-order valence-electron chi connectivity index (χ1n) is 8.88. The van der Waals surface area contributed by atoms with E-state index in [1.54, 1.807) is 9.80 Å². The van der Waals surface area contributed by atoms with Crippen LogP contribution in [0.25, 0.3) is 0 Å². The average Bonchev–Trinajstić information content (AvgIpc) is 3.06. The molecule has 1 fully saturated rings. The number of quaternary nitrogens is 2. The normalized spacial score (nSPS) is 22.5. The van der Waals surface area contributed by atoms with E-state index in [1.165, 1.54) is 42.9 Å². The molecule has 0 aromatic heterocycles. The van der Waals surface area contributed by atoms with Crippen LogP contribution in [0.5, 0.6) is 11.5 Å². The lowest BCUT2D eigenvalue weighted by Crippen LogP contribution is -3.27. The molecule has 2 aromatic rings. The van der Waals surface area contributed by atoms with Gasteiger partial charge in [-0.25, -0.2) is 0 Å². The molecule has 0 aliphatic carbocycles. The van der Waals surface area contributed by atoms with Crippen LogP contribution < -0.4 is 19.3 Å². The first kappa shape index (κ1) is 15.5. The van der Waals surface area contributed by atoms with E-state index in [-0.39, 0.29) is 0 Å². The molecule has 0 saturated carbocycles. The van der Waals surface area contributed by atoms with Crippen LogP contribution in [0.15, 0.2) is 42.5 Å². The molecule has 4 nitrogen and oxygen atoms in total. The van der Waals surface area contributed by atoms with Gasteiger partial charge in [-0.3, -0.25) is 0 Å². The number of ether oxygens (including phenoxy) is 2. The first-order chi connectivity index (χ1) is 11.8. The summed E-state index contributed by atoms with van der Waals surface area (Å²) in [5, 5.41) is 0. The summed E-state index contributed by atoms with van der Waals surface area (Å²) < 4.78 is 10.9. The van der Waals surface area contributed by atoms with Gasteiger partial charge in [0.25, 0.3) is 0 Å². The summed E-state index contributed by atoms with van der Waals surface area (Å²) in [6, 6.07) is 15.1. The molecular weight excluding hydrogens is 300 g/mol. The highest BCUT2D eigenvalue weighted by Gasteiger charge is 2.24. The molecule has 0 unspecified atom stereocenters. The molecule has 0 atom stereocenters. The highest BCUT2D eigenvalue weighted by molar-refractivity contribution is 5.44. The van der Waals surface area contributed by atoms with E-state index in [2.05, 4.69) is 43.3 Å². The third-order valence-electron chi connectivity index (χ3n) is 5.26. The Bertz CT molecular complexity index is 709. The highest BCUT2D eigenvalue weighted by Crippen LogP contribution is 2.32. The monoisotopic (exact) mass is 326 g/mol. The third-order valence-corrected chi connectivity index (χ3v) is 5.26. The molecule has 2 N–H and O–H groups in total. The number of rotatable bonds is 4. The fraction of sp³-hybridized carbons (Fsp3) is 0.400. The summed E-state index contributed by atoms with van der Waals surface area (Å²) >= 11 is 0. The van der Waals surface area contributed by atoms with E-state index in [0.29, 0.717) is 6.79 Å². The molecule has 4 rings (SSSR count). The number of hydrogen-bond acceptors (Lipinski definition) is 2. The maximum atomic E-state index is 5.49. The number of benzene rings is 2. The smallest absolute Gasteiger partial charge is 0.231 e. The van der Waals surface area contributed by atoms with Gasteiger partial charge in [-0.05, 0) is 30.7 Å². The number of aryl methyl sites for hydroxylation is 1. The van der Waals surface area contributed by atoms with Crippen molar-refractivity contribution in [1.29, 1.82) is 0 Å². The van der Waals surface area contributed by atoms with Gasteiger partial charge in [-0.2, -0.15) is 0 Å². The molecule has 0 amide bonds. The van der Waals surface area contributed by atoms with Gasteiger partial charge in [-0.15, -0.1) is 0 Å². The summed E-state index contributed by atoms with van der Waals surface area (Å²) in [6.07, 6.45) is 0. The third kappa shape index (κ3) is 3.40. The van der Waals surface area contributed by atoms with Gasteiger partial charge in [0, 0.05) is 11.1 Å². The molecular formula is C20H26N2O2+2. The fourth-order valence-electron chi connectivity index (χ4n) is 3.73. The maximum absolute atomic E-state index is 5.49. The van der Waals surface area contributed by atoms with Crippen LogP contribution in [0.1, 0.15) is 16.7 Å². The van der Waals surface area contributed by atoms with Crippen molar-refractivity contribution < 1.29 is 19.3 Å². The predicted molar refractivity (Wildman–Crippen MR) is 92.5 cm³/mol. The van der Waals surface area contributed by atoms with E-state index < -0.39 is 0 Å². The molecule has 1 saturated heterocycles. The lowest BCUT2D eigenvalue weighted by molar-refractivity contribution is -1.02. The quantitative estimate of drug-likeness (QED) is 0.840. The number of fused-ring (bicyclic) bond motifs is 1. The lowest BCUT2D eigenvalue weighted by atomic mass is 10.1. The standard InChI is InChI=1S/C20H24N2O2/c1-16-4-2-3-5-18(16)14-22-10-8-21(9-11-22)13-17-6-7-19-20(12-17)24-15-23-19/h2-7,12H,8-11,13-15H2,1H3/p+2. The maximum Gasteiger partial charge on any atom is 0.231 e. The van der Waals surface area contributed by atoms with Crippen LogP contribution >= 0.6 is 0 Å². The summed E-state index contributed by atoms with van der Waals surface area (Å²) in [5.41, 5.74) is 4.25. The van der Waals surface area contributed by atoms with Crippen molar-refractivity contribution in [3.05, 3.63) is 59.2 Å². The van der Waals surface area contributed by atoms with Crippen molar-refractivity contribution in [2.24, 2.45) is 0 Å². The zero-order valence-corrected chi connectivity index (χ0v) is 14.3. The second-order valence-electron chi connectivity index (χ2n) is 6.97. The van der Waals surface area contributed by atoms with E-state index in [4.69, 9.17) is 9.47 Å². The summed E-state index contributed by atoms with van der Waals surface area (Å²) in [5.74, 6) is 1.77. The van der Waals surface area contributed by atoms with Gasteiger partial charge in [0.15, 0.2) is 11.5 Å². The van der Waals surface area contributed by atoms with Gasteiger partial charge >= 0.3 is 0 Å². The topological polar surface area (TPSA) is 27.3 Å². The van der Waals surface area contributed by atoms with E-state index in [0.717, 1.165) is 24.6 Å². The van der Waals surface area contributed by atoms with Crippen molar-refractivity contribution >= 4 is 0 Å². The zero-order chi connectivity index (χ0) is 16.4. The number of nitrogens with one attached hydrogen (secondary N) is 2. The Balaban J connectivity index is 1.31. The summed E-state index contributed by atoms with van der Waals surface area (Å²) in [4.78, 5) is 3.38. The molecule has 4 heteroatoms. The van der Waals surface area contributed by atoms with Crippen LogP contribution in [-0.4, -0.2) is 33.0 Å². The van der Waals surface area contributed by atoms with Gasteiger partial charge in [0.05, 0.1) is 0 Å². The number of piperazine rings is 1. The SMILES string of the molecule is Cc1ccccc1C[NH+]1CC[NH+](Cc2ccc3c(c2)OCO3)CC1. The summed E-state index contributed by atoms with van der Waals surface area (Å²) in [7, 11) is 0. The van der Waals surface area contributed by atoms with E-state index in [1.807, 2.05) is 6.07 Å². The highest BCUT2D eigenvalue weighted by atomic mass is 16.7. The van der Waals surface area contributed by atoms with Crippen LogP contribution in [-0.2, 0) is 13.1 Å². The van der Waals surface area contributed by atoms with Crippen molar-refractivity contribution in [2.75, 3.05) is 33.0 Å². The molecule has 24 heavy (non-hydrogen) atoms. The van der Waals surface area contributed by atoms with Crippen molar-refractivity contribution in [1.82, 2.24) is 0 Å². The molecule has 2 aliphatic heterocycles.